The van der Waals surface area contributed by atoms with Crippen LogP contribution in [0.15, 0.2) is 28.3 Å². The summed E-state index contributed by atoms with van der Waals surface area (Å²) < 4.78 is 13.3. The molecule has 4 rings (SSSR count). The van der Waals surface area contributed by atoms with Crippen LogP contribution in [0.4, 0.5) is 5.95 Å². The number of nitrogens with zero attached hydrogens (tertiary/aromatic N) is 4. The Bertz CT molecular complexity index is 1080. The first-order valence-electron chi connectivity index (χ1n) is 9.95. The molecule has 3 atom stereocenters. The van der Waals surface area contributed by atoms with Crippen molar-refractivity contribution >= 4 is 29.2 Å². The van der Waals surface area contributed by atoms with Crippen molar-refractivity contribution < 1.29 is 24.5 Å². The molecule has 2 aliphatic heterocycles. The highest BCUT2D eigenvalue weighted by Gasteiger charge is 2.39. The highest BCUT2D eigenvalue weighted by molar-refractivity contribution is 5.91. The SMILES string of the molecule is CC(C)C(=O)Nc1nc2c(ncn2C2CCC(COC3(C(O)O)C=CC=N3)O2)c(=O)[nH]1. The number of ether oxygens (including phenoxy) is 2. The van der Waals surface area contributed by atoms with Crippen molar-refractivity contribution in [1.82, 2.24) is 19.5 Å². The van der Waals surface area contributed by atoms with Gasteiger partial charge in [-0.1, -0.05) is 13.8 Å². The summed E-state index contributed by atoms with van der Waals surface area (Å²) in [7, 11) is 0. The third-order valence-corrected chi connectivity index (χ3v) is 5.16. The van der Waals surface area contributed by atoms with Crippen LogP contribution >= 0.6 is 0 Å². The smallest absolute Gasteiger partial charge is 0.280 e. The number of anilines is 1. The van der Waals surface area contributed by atoms with Crippen LogP contribution in [-0.4, -0.2) is 66.6 Å². The number of allylic oxidation sites excluding steroid dienone is 1. The molecule has 4 N–H and O–H groups in total. The van der Waals surface area contributed by atoms with Gasteiger partial charge in [0.25, 0.3) is 5.56 Å². The van der Waals surface area contributed by atoms with Crippen molar-refractivity contribution in [3.05, 3.63) is 28.8 Å². The number of aromatic nitrogens is 4. The van der Waals surface area contributed by atoms with Gasteiger partial charge in [-0.2, -0.15) is 4.98 Å². The predicted octanol–water partition coefficient (Wildman–Crippen LogP) is 0.0559. The third kappa shape index (κ3) is 4.14. The number of aliphatic imine (C=N–C) groups is 1. The second-order valence-corrected chi connectivity index (χ2v) is 7.75. The second-order valence-electron chi connectivity index (χ2n) is 7.75. The Hall–Kier alpha value is -2.93. The van der Waals surface area contributed by atoms with E-state index in [1.807, 2.05) is 0 Å². The van der Waals surface area contributed by atoms with E-state index >= 15 is 0 Å². The van der Waals surface area contributed by atoms with Gasteiger partial charge in [0, 0.05) is 12.1 Å². The van der Waals surface area contributed by atoms with E-state index in [0.29, 0.717) is 18.5 Å². The third-order valence-electron chi connectivity index (χ3n) is 5.16. The molecule has 2 aromatic heterocycles. The van der Waals surface area contributed by atoms with Gasteiger partial charge in [-0.25, -0.2) is 9.98 Å². The molecule has 12 nitrogen and oxygen atoms in total. The monoisotopic (exact) mass is 432 g/mol. The Morgan fingerprint density at radius 3 is 2.94 bits per heavy atom. The van der Waals surface area contributed by atoms with Crippen molar-refractivity contribution in [1.29, 1.82) is 0 Å². The van der Waals surface area contributed by atoms with E-state index in [0.717, 1.165) is 0 Å². The minimum absolute atomic E-state index is 0.0422. The summed E-state index contributed by atoms with van der Waals surface area (Å²) >= 11 is 0. The van der Waals surface area contributed by atoms with Gasteiger partial charge in [0.1, 0.15) is 6.23 Å². The van der Waals surface area contributed by atoms with E-state index in [-0.39, 0.29) is 36.0 Å². The molecule has 1 amide bonds. The van der Waals surface area contributed by atoms with Gasteiger partial charge in [0.2, 0.25) is 23.9 Å². The van der Waals surface area contributed by atoms with Gasteiger partial charge in [0.05, 0.1) is 19.0 Å². The maximum Gasteiger partial charge on any atom is 0.280 e. The Morgan fingerprint density at radius 1 is 1.45 bits per heavy atom. The van der Waals surface area contributed by atoms with Crippen LogP contribution in [0.2, 0.25) is 0 Å². The minimum atomic E-state index is -1.80. The average Bonchev–Trinajstić information content (AvgIpc) is 3.45. The fourth-order valence-corrected chi connectivity index (χ4v) is 3.39. The summed E-state index contributed by atoms with van der Waals surface area (Å²) in [6, 6.07) is 0. The van der Waals surface area contributed by atoms with Gasteiger partial charge in [-0.05, 0) is 25.0 Å². The van der Waals surface area contributed by atoms with E-state index in [2.05, 4.69) is 25.3 Å². The van der Waals surface area contributed by atoms with E-state index < -0.39 is 23.8 Å². The fraction of sp³-hybridized carbons (Fsp3) is 0.526. The molecule has 1 fully saturated rings. The van der Waals surface area contributed by atoms with Gasteiger partial charge in [-0.15, -0.1) is 0 Å². The number of aromatic amines is 1. The lowest BCUT2D eigenvalue weighted by molar-refractivity contribution is -0.193. The summed E-state index contributed by atoms with van der Waals surface area (Å²) in [5.41, 5.74) is -1.56. The number of nitrogens with one attached hydrogen (secondary N) is 2. The molecule has 3 unspecified atom stereocenters. The van der Waals surface area contributed by atoms with Gasteiger partial charge in [-0.3, -0.25) is 24.5 Å². The molecule has 0 radical (unpaired) electrons. The molecule has 0 spiro atoms. The number of imidazole rings is 1. The molecule has 1 saturated heterocycles. The first kappa shape index (κ1) is 21.3. The Labute approximate surface area is 176 Å². The number of hydrogen-bond acceptors (Lipinski definition) is 9. The first-order valence-corrected chi connectivity index (χ1v) is 9.95. The zero-order chi connectivity index (χ0) is 22.2. The van der Waals surface area contributed by atoms with Crippen molar-refractivity contribution in [3.63, 3.8) is 0 Å². The lowest BCUT2D eigenvalue weighted by atomic mass is 10.2. The quantitative estimate of drug-likeness (QED) is 0.446. The summed E-state index contributed by atoms with van der Waals surface area (Å²) in [5.74, 6) is -0.503. The van der Waals surface area contributed by atoms with E-state index in [1.165, 1.54) is 18.6 Å². The van der Waals surface area contributed by atoms with Crippen molar-refractivity contribution in [3.8, 4) is 0 Å². The molecular weight excluding hydrogens is 408 g/mol. The Morgan fingerprint density at radius 2 is 2.26 bits per heavy atom. The number of amides is 1. The van der Waals surface area contributed by atoms with Gasteiger partial charge >= 0.3 is 0 Å². The van der Waals surface area contributed by atoms with Crippen LogP contribution < -0.4 is 10.9 Å². The standard InChI is InChI=1S/C19H24N6O6/c1-10(2)15(26)23-18-22-14-13(16(27)24-18)20-9-25(14)12-5-4-11(31-12)8-30-19(17(28)29)6-3-7-21-19/h3,6-7,9-12,17,28-29H,4-5,8H2,1-2H3,(H2,22,23,24,26,27). The summed E-state index contributed by atoms with van der Waals surface area (Å²) in [6.07, 6.45) is 4.62. The van der Waals surface area contributed by atoms with Crippen LogP contribution in [0.5, 0.6) is 0 Å². The van der Waals surface area contributed by atoms with Crippen molar-refractivity contribution in [2.75, 3.05) is 11.9 Å². The van der Waals surface area contributed by atoms with Crippen LogP contribution in [0, 0.1) is 5.92 Å². The number of fused-ring (bicyclic) bond motifs is 1. The molecule has 0 aromatic carbocycles. The van der Waals surface area contributed by atoms with Gasteiger partial charge in [0.15, 0.2) is 11.2 Å². The molecule has 0 aliphatic carbocycles. The van der Waals surface area contributed by atoms with Crippen LogP contribution in [0.25, 0.3) is 11.2 Å². The number of hydrogen-bond donors (Lipinski definition) is 4. The van der Waals surface area contributed by atoms with Crippen LogP contribution in [0.1, 0.15) is 32.9 Å². The van der Waals surface area contributed by atoms with E-state index in [4.69, 9.17) is 9.47 Å². The molecule has 2 aliphatic rings. The number of carbonyl (C=O) groups is 1. The maximum atomic E-state index is 12.3. The molecule has 31 heavy (non-hydrogen) atoms. The summed E-state index contributed by atoms with van der Waals surface area (Å²) in [6.45, 7) is 3.56. The number of H-pyrrole nitrogens is 1. The zero-order valence-electron chi connectivity index (χ0n) is 17.1. The summed E-state index contributed by atoms with van der Waals surface area (Å²) in [5, 5.41) is 21.8. The predicted molar refractivity (Wildman–Crippen MR) is 109 cm³/mol. The molecular formula is C19H24N6O6. The highest BCUT2D eigenvalue weighted by Crippen LogP contribution is 2.32. The number of aliphatic hydroxyl groups excluding tert-OH is 1. The minimum Gasteiger partial charge on any atom is -0.364 e. The van der Waals surface area contributed by atoms with Crippen molar-refractivity contribution in [2.24, 2.45) is 10.9 Å². The molecule has 4 heterocycles. The molecule has 0 bridgehead atoms. The van der Waals surface area contributed by atoms with E-state index in [1.54, 1.807) is 24.5 Å². The summed E-state index contributed by atoms with van der Waals surface area (Å²) in [4.78, 5) is 39.3. The Balaban J connectivity index is 1.49. The van der Waals surface area contributed by atoms with Crippen LogP contribution in [-0.2, 0) is 14.3 Å². The average molecular weight is 432 g/mol. The second kappa shape index (κ2) is 8.30. The van der Waals surface area contributed by atoms with Crippen molar-refractivity contribution in [2.45, 2.75) is 51.0 Å². The largest absolute Gasteiger partial charge is 0.364 e. The lowest BCUT2D eigenvalue weighted by Crippen LogP contribution is -2.42. The molecule has 12 heteroatoms. The van der Waals surface area contributed by atoms with E-state index in [9.17, 15) is 19.8 Å². The zero-order valence-corrected chi connectivity index (χ0v) is 17.1. The molecule has 0 saturated carbocycles. The topological polar surface area (TPSA) is 164 Å². The van der Waals surface area contributed by atoms with Crippen LogP contribution in [0.3, 0.4) is 0 Å². The first-order chi connectivity index (χ1) is 14.8. The number of aliphatic hydroxyl groups is 2. The highest BCUT2D eigenvalue weighted by atomic mass is 16.6. The normalized spacial score (nSPS) is 25.4. The number of rotatable bonds is 7. The number of carbonyl (C=O) groups excluding carboxylic acids is 1. The van der Waals surface area contributed by atoms with Gasteiger partial charge < -0.3 is 19.7 Å². The fourth-order valence-electron chi connectivity index (χ4n) is 3.39. The molecule has 166 valence electrons. The molecule has 2 aromatic rings. The lowest BCUT2D eigenvalue weighted by Gasteiger charge is -2.27. The maximum absolute atomic E-state index is 12.3. The Kier molecular flexibility index (Phi) is 5.71.